The number of fused-ring (bicyclic) bond motifs is 1. The molecule has 0 spiro atoms. The van der Waals surface area contributed by atoms with Gasteiger partial charge in [-0.05, 0) is 88.0 Å². The number of piperidine rings is 2. The molecule has 1 atom stereocenters. The minimum atomic E-state index is -0.630. The fourth-order valence-corrected chi connectivity index (χ4v) is 6.01. The first kappa shape index (κ1) is 27.2. The van der Waals surface area contributed by atoms with Gasteiger partial charge in [0, 0.05) is 22.6 Å². The van der Waals surface area contributed by atoms with Gasteiger partial charge in [0.05, 0.1) is 24.6 Å². The lowest BCUT2D eigenvalue weighted by Gasteiger charge is -2.37. The number of carbonyl (C=O) groups excluding carboxylic acids is 3. The molecular weight excluding hydrogens is 516 g/mol. The Morgan fingerprint density at radius 1 is 1.05 bits per heavy atom. The largest absolute Gasteiger partial charge is 0.493 e. The number of hydrogen-bond acceptors (Lipinski definition) is 6. The molecule has 1 N–H and O–H groups in total. The monoisotopic (exact) mass is 548 g/mol. The van der Waals surface area contributed by atoms with Gasteiger partial charge in [0.1, 0.15) is 11.8 Å². The minimum absolute atomic E-state index is 0.192. The number of rotatable bonds is 9. The Kier molecular flexibility index (Phi) is 8.20. The molecule has 3 aliphatic rings. The van der Waals surface area contributed by atoms with Crippen LogP contribution >= 0.6 is 11.6 Å². The van der Waals surface area contributed by atoms with Crippen LogP contribution < -0.4 is 10.1 Å². The Balaban J connectivity index is 1.05. The van der Waals surface area contributed by atoms with E-state index in [1.54, 1.807) is 11.0 Å². The van der Waals surface area contributed by atoms with Crippen molar-refractivity contribution in [1.29, 1.82) is 5.26 Å². The van der Waals surface area contributed by atoms with Crippen LogP contribution in [0.1, 0.15) is 66.4 Å². The van der Waals surface area contributed by atoms with E-state index in [1.807, 2.05) is 36.4 Å². The van der Waals surface area contributed by atoms with Crippen LogP contribution in [0.5, 0.6) is 5.75 Å². The van der Waals surface area contributed by atoms with Crippen LogP contribution in [-0.4, -0.2) is 59.8 Å². The molecular formula is C30H33ClN4O4. The van der Waals surface area contributed by atoms with Gasteiger partial charge in [0.25, 0.3) is 5.91 Å². The second kappa shape index (κ2) is 11.8. The highest BCUT2D eigenvalue weighted by Crippen LogP contribution is 2.36. The molecule has 2 fully saturated rings. The number of unbranched alkanes of at least 4 members (excludes halogenated alkanes) is 2. The zero-order valence-electron chi connectivity index (χ0n) is 22.0. The zero-order chi connectivity index (χ0) is 27.4. The van der Waals surface area contributed by atoms with Gasteiger partial charge in [0.2, 0.25) is 11.8 Å². The molecule has 2 aromatic rings. The summed E-state index contributed by atoms with van der Waals surface area (Å²) in [6.07, 6.45) is 5.19. The van der Waals surface area contributed by atoms with Crippen molar-refractivity contribution >= 4 is 29.3 Å². The third-order valence-corrected chi connectivity index (χ3v) is 8.49. The Morgan fingerprint density at radius 2 is 1.82 bits per heavy atom. The third-order valence-electron chi connectivity index (χ3n) is 8.24. The number of amides is 3. The molecule has 2 saturated heterocycles. The number of nitrogens with one attached hydrogen (secondary N) is 1. The fourth-order valence-electron chi connectivity index (χ4n) is 5.88. The maximum atomic E-state index is 13.0. The molecule has 0 aromatic heterocycles. The van der Waals surface area contributed by atoms with Crippen molar-refractivity contribution in [2.24, 2.45) is 0 Å². The number of carbonyl (C=O) groups is 3. The lowest BCUT2D eigenvalue weighted by Crippen LogP contribution is -2.52. The van der Waals surface area contributed by atoms with Crippen molar-refractivity contribution in [3.05, 3.63) is 64.2 Å². The highest BCUT2D eigenvalue weighted by Gasteiger charge is 2.40. The van der Waals surface area contributed by atoms with E-state index < -0.39 is 17.4 Å². The highest BCUT2D eigenvalue weighted by atomic mass is 35.5. The lowest BCUT2D eigenvalue weighted by molar-refractivity contribution is -0.136. The van der Waals surface area contributed by atoms with Crippen LogP contribution in [0.3, 0.4) is 0 Å². The summed E-state index contributed by atoms with van der Waals surface area (Å²) in [6, 6.07) is 15.1. The Morgan fingerprint density at radius 3 is 2.54 bits per heavy atom. The summed E-state index contributed by atoms with van der Waals surface area (Å²) < 4.78 is 6.08. The summed E-state index contributed by atoms with van der Waals surface area (Å²) >= 11 is 6.03. The first-order chi connectivity index (χ1) is 18.9. The average molecular weight is 549 g/mol. The van der Waals surface area contributed by atoms with E-state index in [2.05, 4.69) is 16.3 Å². The Labute approximate surface area is 233 Å². The SMILES string of the molecule is N#CC1(c2ccc(Cl)cc2)CCN(CCCCCOc2cccc3c2CN(C2CCC(=O)NC2=O)C3=O)CC1. The van der Waals surface area contributed by atoms with Crippen molar-refractivity contribution in [3.63, 3.8) is 0 Å². The maximum Gasteiger partial charge on any atom is 0.255 e. The predicted octanol–water partition coefficient (Wildman–Crippen LogP) is 4.21. The standard InChI is InChI=1S/C30H33ClN4O4/c31-22-9-7-21(8-10-22)30(20-32)13-16-34(17-14-30)15-2-1-3-18-39-26-6-4-5-23-24(26)19-35(29(23)38)25-11-12-27(36)33-28(25)37/h4-10,25H,1-3,11-19H2,(H,33,36,37). The molecule has 1 unspecified atom stereocenters. The van der Waals surface area contributed by atoms with Gasteiger partial charge >= 0.3 is 0 Å². The Bertz CT molecular complexity index is 1280. The highest BCUT2D eigenvalue weighted by molar-refractivity contribution is 6.30. The second-order valence-corrected chi connectivity index (χ2v) is 11.1. The molecule has 2 aromatic carbocycles. The molecule has 8 nitrogen and oxygen atoms in total. The summed E-state index contributed by atoms with van der Waals surface area (Å²) in [5.41, 5.74) is 2.00. The summed E-state index contributed by atoms with van der Waals surface area (Å²) in [5, 5.41) is 13.0. The number of likely N-dealkylation sites (tertiary alicyclic amines) is 1. The molecule has 204 valence electrons. The molecule has 0 bridgehead atoms. The predicted molar refractivity (Wildman–Crippen MR) is 146 cm³/mol. The van der Waals surface area contributed by atoms with Gasteiger partial charge in [-0.25, -0.2) is 0 Å². The van der Waals surface area contributed by atoms with Crippen LogP contribution in [0, 0.1) is 11.3 Å². The molecule has 0 saturated carbocycles. The second-order valence-electron chi connectivity index (χ2n) is 10.6. The molecule has 9 heteroatoms. The topological polar surface area (TPSA) is 103 Å². The number of ether oxygens (including phenoxy) is 1. The lowest BCUT2D eigenvalue weighted by atomic mass is 9.74. The molecule has 39 heavy (non-hydrogen) atoms. The van der Waals surface area contributed by atoms with E-state index in [9.17, 15) is 19.6 Å². The minimum Gasteiger partial charge on any atom is -0.493 e. The summed E-state index contributed by atoms with van der Waals surface area (Å²) in [6.45, 7) is 3.67. The third kappa shape index (κ3) is 5.80. The van der Waals surface area contributed by atoms with E-state index in [-0.39, 0.29) is 18.2 Å². The first-order valence-electron chi connectivity index (χ1n) is 13.7. The number of hydrogen-bond donors (Lipinski definition) is 1. The van der Waals surface area contributed by atoms with Gasteiger partial charge in [-0.3, -0.25) is 19.7 Å². The van der Waals surface area contributed by atoms with Crippen LogP contribution in [0.2, 0.25) is 5.02 Å². The van der Waals surface area contributed by atoms with Crippen LogP contribution in [0.4, 0.5) is 0 Å². The fraction of sp³-hybridized carbons (Fsp3) is 0.467. The van der Waals surface area contributed by atoms with Gasteiger partial charge < -0.3 is 14.5 Å². The van der Waals surface area contributed by atoms with E-state index in [0.29, 0.717) is 35.9 Å². The van der Waals surface area contributed by atoms with Crippen molar-refractivity contribution in [2.45, 2.75) is 62.9 Å². The average Bonchev–Trinajstić information content (AvgIpc) is 3.28. The maximum absolute atomic E-state index is 13.0. The normalized spacial score (nSPS) is 20.9. The number of nitriles is 1. The zero-order valence-corrected chi connectivity index (χ0v) is 22.7. The van der Waals surface area contributed by atoms with Crippen molar-refractivity contribution in [3.8, 4) is 11.8 Å². The van der Waals surface area contributed by atoms with E-state index in [1.165, 1.54) is 0 Å². The summed E-state index contributed by atoms with van der Waals surface area (Å²) in [5.74, 6) is -0.213. The number of imide groups is 1. The molecule has 0 aliphatic carbocycles. The number of halogens is 1. The van der Waals surface area contributed by atoms with E-state index in [4.69, 9.17) is 16.3 Å². The van der Waals surface area contributed by atoms with Gasteiger partial charge in [-0.1, -0.05) is 29.8 Å². The van der Waals surface area contributed by atoms with Crippen molar-refractivity contribution in [1.82, 2.24) is 15.1 Å². The molecule has 3 aliphatic heterocycles. The van der Waals surface area contributed by atoms with Crippen molar-refractivity contribution in [2.75, 3.05) is 26.2 Å². The van der Waals surface area contributed by atoms with E-state index >= 15 is 0 Å². The van der Waals surface area contributed by atoms with Crippen molar-refractivity contribution < 1.29 is 19.1 Å². The van der Waals surface area contributed by atoms with Gasteiger partial charge in [-0.2, -0.15) is 5.26 Å². The van der Waals surface area contributed by atoms with Gasteiger partial charge in [-0.15, -0.1) is 0 Å². The number of benzene rings is 2. The Hall–Kier alpha value is -3.41. The molecule has 3 amide bonds. The van der Waals surface area contributed by atoms with Crippen LogP contribution in [-0.2, 0) is 21.5 Å². The number of nitrogens with zero attached hydrogens (tertiary/aromatic N) is 3. The van der Waals surface area contributed by atoms with Crippen LogP contribution in [0.15, 0.2) is 42.5 Å². The molecule has 5 rings (SSSR count). The quantitative estimate of drug-likeness (QED) is 0.372. The smallest absolute Gasteiger partial charge is 0.255 e. The molecule has 0 radical (unpaired) electrons. The summed E-state index contributed by atoms with van der Waals surface area (Å²) in [4.78, 5) is 40.8. The molecule has 3 heterocycles. The summed E-state index contributed by atoms with van der Waals surface area (Å²) in [7, 11) is 0. The first-order valence-corrected chi connectivity index (χ1v) is 14.1. The van der Waals surface area contributed by atoms with Crippen LogP contribution in [0.25, 0.3) is 0 Å². The van der Waals surface area contributed by atoms with Gasteiger partial charge in [0.15, 0.2) is 0 Å². The van der Waals surface area contributed by atoms with E-state index in [0.717, 1.165) is 62.9 Å².